The van der Waals surface area contributed by atoms with Crippen LogP contribution in [0.15, 0.2) is 24.5 Å². The summed E-state index contributed by atoms with van der Waals surface area (Å²) in [6.07, 6.45) is 3.50. The summed E-state index contributed by atoms with van der Waals surface area (Å²) < 4.78 is 0. The summed E-state index contributed by atoms with van der Waals surface area (Å²) in [7, 11) is 0. The van der Waals surface area contributed by atoms with Gasteiger partial charge in [-0.2, -0.15) is 0 Å². The molecule has 4 heteroatoms. The molecule has 2 N–H and O–H groups in total. The SMILES string of the molecule is Br.Br.NCc1cccnc1. The monoisotopic (exact) mass is 268 g/mol. The zero-order valence-electron chi connectivity index (χ0n) is 5.36. The van der Waals surface area contributed by atoms with Crippen LogP contribution in [0.5, 0.6) is 0 Å². The maximum Gasteiger partial charge on any atom is 0.0312 e. The fraction of sp³-hybridized carbons (Fsp3) is 0.167. The Hall–Kier alpha value is 0.0700. The molecule has 0 amide bonds. The van der Waals surface area contributed by atoms with Gasteiger partial charge in [0.15, 0.2) is 0 Å². The third-order valence-electron chi connectivity index (χ3n) is 0.958. The van der Waals surface area contributed by atoms with Gasteiger partial charge in [-0.05, 0) is 11.6 Å². The maximum atomic E-state index is 5.31. The van der Waals surface area contributed by atoms with Crippen molar-refractivity contribution in [1.29, 1.82) is 0 Å². The number of aromatic nitrogens is 1. The summed E-state index contributed by atoms with van der Waals surface area (Å²) in [6, 6.07) is 3.83. The second-order valence-corrected chi connectivity index (χ2v) is 1.57. The highest BCUT2D eigenvalue weighted by Crippen LogP contribution is 1.90. The van der Waals surface area contributed by atoms with Crippen LogP contribution in [0, 0.1) is 0 Å². The fourth-order valence-corrected chi connectivity index (χ4v) is 0.519. The molecule has 0 bridgehead atoms. The van der Waals surface area contributed by atoms with Crippen LogP contribution in [0.4, 0.5) is 0 Å². The van der Waals surface area contributed by atoms with E-state index in [2.05, 4.69) is 4.98 Å². The van der Waals surface area contributed by atoms with Crippen LogP contribution in [-0.4, -0.2) is 4.98 Å². The van der Waals surface area contributed by atoms with Crippen molar-refractivity contribution in [3.8, 4) is 0 Å². The molecule has 0 saturated heterocycles. The van der Waals surface area contributed by atoms with Crippen LogP contribution >= 0.6 is 34.0 Å². The van der Waals surface area contributed by atoms with Crippen molar-refractivity contribution in [2.24, 2.45) is 5.73 Å². The molecule has 0 radical (unpaired) electrons. The lowest BCUT2D eigenvalue weighted by Crippen LogP contribution is -1.95. The second kappa shape index (κ2) is 7.18. The number of pyridine rings is 1. The molecular weight excluding hydrogens is 260 g/mol. The molecule has 0 fully saturated rings. The molecule has 1 rings (SSSR count). The Bertz CT molecular complexity index is 155. The molecule has 0 aliphatic heterocycles. The summed E-state index contributed by atoms with van der Waals surface area (Å²) in [4.78, 5) is 3.88. The molecule has 0 spiro atoms. The van der Waals surface area contributed by atoms with Crippen molar-refractivity contribution in [3.05, 3.63) is 30.1 Å². The van der Waals surface area contributed by atoms with E-state index < -0.39 is 0 Å². The molecular formula is C6H10Br2N2. The fourth-order valence-electron chi connectivity index (χ4n) is 0.519. The van der Waals surface area contributed by atoms with E-state index in [-0.39, 0.29) is 34.0 Å². The first-order chi connectivity index (χ1) is 3.93. The van der Waals surface area contributed by atoms with Crippen molar-refractivity contribution >= 4 is 34.0 Å². The van der Waals surface area contributed by atoms with Crippen molar-refractivity contribution in [3.63, 3.8) is 0 Å². The molecule has 0 aromatic carbocycles. The lowest BCUT2D eigenvalue weighted by Gasteiger charge is -1.89. The average Bonchev–Trinajstić information content (AvgIpc) is 1.90. The van der Waals surface area contributed by atoms with Gasteiger partial charge in [0.25, 0.3) is 0 Å². The summed E-state index contributed by atoms with van der Waals surface area (Å²) in [5.74, 6) is 0. The minimum atomic E-state index is 0. The minimum Gasteiger partial charge on any atom is -0.326 e. The molecule has 0 aliphatic rings. The topological polar surface area (TPSA) is 38.9 Å². The van der Waals surface area contributed by atoms with Crippen LogP contribution < -0.4 is 5.73 Å². The van der Waals surface area contributed by atoms with Crippen LogP contribution in [0.2, 0.25) is 0 Å². The molecule has 1 aromatic rings. The number of nitrogens with zero attached hydrogens (tertiary/aromatic N) is 1. The van der Waals surface area contributed by atoms with E-state index in [1.807, 2.05) is 12.1 Å². The number of nitrogens with two attached hydrogens (primary N) is 1. The van der Waals surface area contributed by atoms with Crippen molar-refractivity contribution in [2.75, 3.05) is 0 Å². The van der Waals surface area contributed by atoms with Crippen LogP contribution in [0.1, 0.15) is 5.56 Å². The Morgan fingerprint density at radius 3 is 2.40 bits per heavy atom. The van der Waals surface area contributed by atoms with Crippen molar-refractivity contribution in [1.82, 2.24) is 4.98 Å². The highest BCUT2D eigenvalue weighted by atomic mass is 79.9. The minimum absolute atomic E-state index is 0. The van der Waals surface area contributed by atoms with Gasteiger partial charge in [0.1, 0.15) is 0 Å². The third-order valence-corrected chi connectivity index (χ3v) is 0.958. The molecule has 58 valence electrons. The summed E-state index contributed by atoms with van der Waals surface area (Å²) in [5, 5.41) is 0. The summed E-state index contributed by atoms with van der Waals surface area (Å²) >= 11 is 0. The Morgan fingerprint density at radius 1 is 1.40 bits per heavy atom. The zero-order valence-corrected chi connectivity index (χ0v) is 8.78. The van der Waals surface area contributed by atoms with Crippen molar-refractivity contribution in [2.45, 2.75) is 6.54 Å². The van der Waals surface area contributed by atoms with Gasteiger partial charge in [0.2, 0.25) is 0 Å². The first-order valence-corrected chi connectivity index (χ1v) is 2.52. The molecule has 0 unspecified atom stereocenters. The van der Waals surface area contributed by atoms with Gasteiger partial charge in [-0.15, -0.1) is 34.0 Å². The summed E-state index contributed by atoms with van der Waals surface area (Å²) in [5.41, 5.74) is 6.39. The standard InChI is InChI=1S/C6H8N2.2BrH/c7-4-6-2-1-3-8-5-6;;/h1-3,5H,4,7H2;2*1H. The van der Waals surface area contributed by atoms with Crippen LogP contribution in [0.3, 0.4) is 0 Å². The number of hydrogen-bond acceptors (Lipinski definition) is 2. The summed E-state index contributed by atoms with van der Waals surface area (Å²) in [6.45, 7) is 0.577. The maximum absolute atomic E-state index is 5.31. The van der Waals surface area contributed by atoms with Gasteiger partial charge < -0.3 is 5.73 Å². The highest BCUT2D eigenvalue weighted by molar-refractivity contribution is 8.93. The van der Waals surface area contributed by atoms with Gasteiger partial charge in [0.05, 0.1) is 0 Å². The zero-order chi connectivity index (χ0) is 5.82. The lowest BCUT2D eigenvalue weighted by atomic mass is 10.3. The van der Waals surface area contributed by atoms with Gasteiger partial charge in [-0.1, -0.05) is 6.07 Å². The molecule has 1 aromatic heterocycles. The van der Waals surface area contributed by atoms with E-state index in [1.165, 1.54) is 0 Å². The molecule has 0 saturated carbocycles. The predicted octanol–water partition coefficient (Wildman–Crippen LogP) is 1.70. The van der Waals surface area contributed by atoms with Gasteiger partial charge >= 0.3 is 0 Å². The second-order valence-electron chi connectivity index (χ2n) is 1.57. The van der Waals surface area contributed by atoms with Gasteiger partial charge in [0, 0.05) is 18.9 Å². The Morgan fingerprint density at radius 2 is 2.10 bits per heavy atom. The van der Waals surface area contributed by atoms with E-state index in [0.29, 0.717) is 6.54 Å². The highest BCUT2D eigenvalue weighted by Gasteiger charge is 1.81. The van der Waals surface area contributed by atoms with Gasteiger partial charge in [-0.3, -0.25) is 4.98 Å². The molecule has 1 heterocycles. The number of halogens is 2. The molecule has 2 nitrogen and oxygen atoms in total. The molecule has 0 atom stereocenters. The van der Waals surface area contributed by atoms with Gasteiger partial charge in [-0.25, -0.2) is 0 Å². The van der Waals surface area contributed by atoms with E-state index in [9.17, 15) is 0 Å². The van der Waals surface area contributed by atoms with E-state index >= 15 is 0 Å². The number of rotatable bonds is 1. The number of hydrogen-bond donors (Lipinski definition) is 1. The van der Waals surface area contributed by atoms with E-state index in [1.54, 1.807) is 12.4 Å². The smallest absolute Gasteiger partial charge is 0.0312 e. The van der Waals surface area contributed by atoms with E-state index in [0.717, 1.165) is 5.56 Å². The Balaban J connectivity index is 0. The van der Waals surface area contributed by atoms with E-state index in [4.69, 9.17) is 5.73 Å². The Kier molecular flexibility index (Phi) is 9.13. The van der Waals surface area contributed by atoms with Crippen LogP contribution in [-0.2, 0) is 6.54 Å². The van der Waals surface area contributed by atoms with Crippen LogP contribution in [0.25, 0.3) is 0 Å². The molecule has 0 aliphatic carbocycles. The first-order valence-electron chi connectivity index (χ1n) is 2.52. The first kappa shape index (κ1) is 12.7. The Labute approximate surface area is 81.4 Å². The quantitative estimate of drug-likeness (QED) is 0.843. The normalized spacial score (nSPS) is 7.30. The average molecular weight is 270 g/mol. The third kappa shape index (κ3) is 3.98. The lowest BCUT2D eigenvalue weighted by molar-refractivity contribution is 1.05. The predicted molar refractivity (Wildman–Crippen MR) is 52.8 cm³/mol. The largest absolute Gasteiger partial charge is 0.326 e. The molecule has 10 heavy (non-hydrogen) atoms. The van der Waals surface area contributed by atoms with Crippen molar-refractivity contribution < 1.29 is 0 Å².